The Labute approximate surface area is 104 Å². The molecule has 0 amide bonds. The number of hydrogen-bond acceptors (Lipinski definition) is 5. The molecule has 0 aliphatic heterocycles. The van der Waals surface area contributed by atoms with E-state index in [4.69, 9.17) is 5.73 Å². The zero-order chi connectivity index (χ0) is 13.2. The number of nitrogens with zero attached hydrogens (tertiary/aromatic N) is 3. The molecule has 8 heteroatoms. The standard InChI is InChI=1S/C10H7F3N4S/c11-10(12,13)6-1-2-8(16-3-6)18-9-5-15-4-7(14)17-9/h1-5H,(H2,14,17). The molecule has 0 aliphatic rings. The molecular weight excluding hydrogens is 265 g/mol. The van der Waals surface area contributed by atoms with Crippen LogP contribution in [0.3, 0.4) is 0 Å². The largest absolute Gasteiger partial charge is 0.417 e. The Morgan fingerprint density at radius 2 is 1.83 bits per heavy atom. The van der Waals surface area contributed by atoms with Gasteiger partial charge < -0.3 is 5.73 Å². The first-order valence-corrected chi connectivity index (χ1v) is 5.55. The fourth-order valence-corrected chi connectivity index (χ4v) is 1.85. The zero-order valence-electron chi connectivity index (χ0n) is 8.85. The van der Waals surface area contributed by atoms with Gasteiger partial charge in [0.2, 0.25) is 0 Å². The van der Waals surface area contributed by atoms with Crippen molar-refractivity contribution in [2.45, 2.75) is 16.2 Å². The predicted octanol–water partition coefficient (Wildman–Crippen LogP) is 2.62. The van der Waals surface area contributed by atoms with Crippen molar-refractivity contribution in [2.24, 2.45) is 0 Å². The van der Waals surface area contributed by atoms with Gasteiger partial charge in [-0.2, -0.15) is 13.2 Å². The highest BCUT2D eigenvalue weighted by molar-refractivity contribution is 7.99. The Kier molecular flexibility index (Phi) is 3.37. The molecule has 2 heterocycles. The van der Waals surface area contributed by atoms with Crippen LogP contribution in [-0.4, -0.2) is 15.0 Å². The second-order valence-electron chi connectivity index (χ2n) is 3.27. The minimum absolute atomic E-state index is 0.243. The zero-order valence-corrected chi connectivity index (χ0v) is 9.66. The molecule has 2 aromatic heterocycles. The van der Waals surface area contributed by atoms with Crippen molar-refractivity contribution < 1.29 is 13.2 Å². The number of alkyl halides is 3. The highest BCUT2D eigenvalue weighted by Gasteiger charge is 2.30. The van der Waals surface area contributed by atoms with E-state index in [1.54, 1.807) is 0 Å². The summed E-state index contributed by atoms with van der Waals surface area (Å²) < 4.78 is 36.9. The second kappa shape index (κ2) is 4.81. The van der Waals surface area contributed by atoms with Crippen molar-refractivity contribution in [3.8, 4) is 0 Å². The Balaban J connectivity index is 2.16. The summed E-state index contributed by atoms with van der Waals surface area (Å²) in [4.78, 5) is 11.5. The first-order chi connectivity index (χ1) is 8.45. The average molecular weight is 272 g/mol. The molecule has 4 nitrogen and oxygen atoms in total. The van der Waals surface area contributed by atoms with Crippen LogP contribution in [0.5, 0.6) is 0 Å². The Morgan fingerprint density at radius 3 is 2.39 bits per heavy atom. The van der Waals surface area contributed by atoms with Gasteiger partial charge in [0, 0.05) is 6.20 Å². The number of aromatic nitrogens is 3. The van der Waals surface area contributed by atoms with E-state index in [2.05, 4.69) is 15.0 Å². The Hall–Kier alpha value is -1.83. The minimum Gasteiger partial charge on any atom is -0.382 e. The smallest absolute Gasteiger partial charge is 0.382 e. The van der Waals surface area contributed by atoms with Gasteiger partial charge in [0.1, 0.15) is 15.9 Å². The summed E-state index contributed by atoms with van der Waals surface area (Å²) in [7, 11) is 0. The van der Waals surface area contributed by atoms with Crippen LogP contribution in [0.25, 0.3) is 0 Å². The molecule has 0 saturated carbocycles. The maximum atomic E-state index is 12.3. The molecule has 0 fully saturated rings. The summed E-state index contributed by atoms with van der Waals surface area (Å²) in [5.41, 5.74) is 4.65. The Bertz CT molecular complexity index is 542. The number of pyridine rings is 1. The monoisotopic (exact) mass is 272 g/mol. The first-order valence-electron chi connectivity index (χ1n) is 4.74. The van der Waals surface area contributed by atoms with E-state index in [0.717, 1.165) is 24.0 Å². The minimum atomic E-state index is -4.38. The topological polar surface area (TPSA) is 64.7 Å². The first kappa shape index (κ1) is 12.6. The summed E-state index contributed by atoms with van der Waals surface area (Å²) in [5.74, 6) is 0.243. The van der Waals surface area contributed by atoms with Crippen molar-refractivity contribution >= 4 is 17.6 Å². The van der Waals surface area contributed by atoms with Gasteiger partial charge in [-0.3, -0.25) is 4.98 Å². The molecule has 0 aliphatic carbocycles. The number of anilines is 1. The highest BCUT2D eigenvalue weighted by atomic mass is 32.2. The van der Waals surface area contributed by atoms with Gasteiger partial charge in [0.15, 0.2) is 0 Å². The lowest BCUT2D eigenvalue weighted by molar-refractivity contribution is -0.137. The summed E-state index contributed by atoms with van der Waals surface area (Å²) in [6.07, 6.45) is -0.764. The van der Waals surface area contributed by atoms with Crippen LogP contribution in [0.1, 0.15) is 5.56 Å². The molecule has 0 atom stereocenters. The summed E-state index contributed by atoms with van der Waals surface area (Å²) >= 11 is 1.09. The van der Waals surface area contributed by atoms with Crippen molar-refractivity contribution in [2.75, 3.05) is 5.73 Å². The average Bonchev–Trinajstić information content (AvgIpc) is 2.28. The molecule has 2 rings (SSSR count). The molecule has 0 spiro atoms. The molecule has 0 bridgehead atoms. The van der Waals surface area contributed by atoms with Gasteiger partial charge in [-0.15, -0.1) is 0 Å². The summed E-state index contributed by atoms with van der Waals surface area (Å²) in [5, 5.41) is 0.866. The van der Waals surface area contributed by atoms with E-state index in [1.807, 2.05) is 0 Å². The van der Waals surface area contributed by atoms with Crippen LogP contribution < -0.4 is 5.73 Å². The predicted molar refractivity (Wildman–Crippen MR) is 59.8 cm³/mol. The van der Waals surface area contributed by atoms with Crippen LogP contribution in [0, 0.1) is 0 Å². The van der Waals surface area contributed by atoms with Crippen LogP contribution in [0.4, 0.5) is 19.0 Å². The van der Waals surface area contributed by atoms with E-state index in [9.17, 15) is 13.2 Å². The molecule has 2 N–H and O–H groups in total. The van der Waals surface area contributed by atoms with Crippen LogP contribution >= 0.6 is 11.8 Å². The molecule has 18 heavy (non-hydrogen) atoms. The summed E-state index contributed by atoms with van der Waals surface area (Å²) in [6, 6.07) is 2.24. The van der Waals surface area contributed by atoms with Crippen molar-refractivity contribution in [3.05, 3.63) is 36.3 Å². The quantitative estimate of drug-likeness (QED) is 0.910. The molecule has 2 aromatic rings. The molecule has 0 saturated heterocycles. The van der Waals surface area contributed by atoms with Gasteiger partial charge in [-0.05, 0) is 23.9 Å². The van der Waals surface area contributed by atoms with Crippen molar-refractivity contribution in [3.63, 3.8) is 0 Å². The lowest BCUT2D eigenvalue weighted by atomic mass is 10.3. The lowest BCUT2D eigenvalue weighted by Crippen LogP contribution is -2.05. The third-order valence-corrected chi connectivity index (χ3v) is 2.76. The second-order valence-corrected chi connectivity index (χ2v) is 4.31. The van der Waals surface area contributed by atoms with E-state index in [0.29, 0.717) is 10.1 Å². The van der Waals surface area contributed by atoms with Gasteiger partial charge in [0.25, 0.3) is 0 Å². The summed E-state index contributed by atoms with van der Waals surface area (Å²) in [6.45, 7) is 0. The van der Waals surface area contributed by atoms with E-state index >= 15 is 0 Å². The van der Waals surface area contributed by atoms with Crippen LogP contribution in [0.15, 0.2) is 40.8 Å². The normalized spacial score (nSPS) is 11.5. The number of nitrogen functional groups attached to an aromatic ring is 1. The van der Waals surface area contributed by atoms with Crippen molar-refractivity contribution in [1.29, 1.82) is 0 Å². The molecular formula is C10H7F3N4S. The number of hydrogen-bond donors (Lipinski definition) is 1. The van der Waals surface area contributed by atoms with Crippen molar-refractivity contribution in [1.82, 2.24) is 15.0 Å². The molecule has 94 valence electrons. The van der Waals surface area contributed by atoms with Gasteiger partial charge in [-0.1, -0.05) is 0 Å². The van der Waals surface area contributed by atoms with Crippen LogP contribution in [-0.2, 0) is 6.18 Å². The van der Waals surface area contributed by atoms with Gasteiger partial charge >= 0.3 is 6.18 Å². The third-order valence-electron chi connectivity index (χ3n) is 1.90. The Morgan fingerprint density at radius 1 is 1.06 bits per heavy atom. The van der Waals surface area contributed by atoms with Gasteiger partial charge in [-0.25, -0.2) is 9.97 Å². The number of nitrogens with two attached hydrogens (primary N) is 1. The fourth-order valence-electron chi connectivity index (χ4n) is 1.13. The molecule has 0 unspecified atom stereocenters. The highest BCUT2D eigenvalue weighted by Crippen LogP contribution is 2.30. The third kappa shape index (κ3) is 3.10. The molecule has 0 aromatic carbocycles. The lowest BCUT2D eigenvalue weighted by Gasteiger charge is -2.06. The molecule has 0 radical (unpaired) electrons. The van der Waals surface area contributed by atoms with E-state index in [-0.39, 0.29) is 5.82 Å². The number of rotatable bonds is 2. The number of halogens is 3. The van der Waals surface area contributed by atoms with Crippen LogP contribution in [0.2, 0.25) is 0 Å². The van der Waals surface area contributed by atoms with E-state index in [1.165, 1.54) is 18.5 Å². The SMILES string of the molecule is Nc1cncc(Sc2ccc(C(F)(F)F)cn2)n1. The maximum Gasteiger partial charge on any atom is 0.417 e. The van der Waals surface area contributed by atoms with Gasteiger partial charge in [0.05, 0.1) is 18.0 Å². The van der Waals surface area contributed by atoms with E-state index < -0.39 is 11.7 Å². The maximum absolute atomic E-state index is 12.3. The fraction of sp³-hybridized carbons (Fsp3) is 0.100.